The van der Waals surface area contributed by atoms with Crippen molar-refractivity contribution in [1.82, 2.24) is 0 Å². The van der Waals surface area contributed by atoms with Crippen LogP contribution in [0, 0.1) is 0 Å². The van der Waals surface area contributed by atoms with E-state index in [1.54, 1.807) is 20.8 Å². The summed E-state index contributed by atoms with van der Waals surface area (Å²) in [6.45, 7) is 5.62. The van der Waals surface area contributed by atoms with Crippen molar-refractivity contribution in [2.75, 3.05) is 0 Å². The first-order chi connectivity index (χ1) is 6.35. The quantitative estimate of drug-likeness (QED) is 0.401. The molecule has 0 aromatic rings. The molecule has 0 aromatic carbocycles. The van der Waals surface area contributed by atoms with Crippen LogP contribution in [0.25, 0.3) is 0 Å². The van der Waals surface area contributed by atoms with E-state index >= 15 is 0 Å². The monoisotopic (exact) mass is 203 g/mol. The molecule has 0 saturated carbocycles. The molecule has 0 aromatic heterocycles. The molecule has 0 unspecified atom stereocenters. The molecule has 0 aliphatic heterocycles. The molecule has 0 rings (SSSR count). The summed E-state index contributed by atoms with van der Waals surface area (Å²) in [5.41, 5.74) is 4.84. The van der Waals surface area contributed by atoms with Gasteiger partial charge in [0.25, 0.3) is 6.47 Å². The molecule has 5 heteroatoms. The predicted octanol–water partition coefficient (Wildman–Crippen LogP) is 0.566. The molecule has 0 saturated heterocycles. The van der Waals surface area contributed by atoms with E-state index in [-0.39, 0.29) is 25.3 Å². The molecular formula is C9H17NO4. The largest absolute Gasteiger partial charge is 0.460 e. The lowest BCUT2D eigenvalue weighted by atomic mass is 10.2. The minimum absolute atomic E-state index is 0.145. The van der Waals surface area contributed by atoms with Gasteiger partial charge in [-0.3, -0.25) is 15.3 Å². The second-order valence-corrected chi connectivity index (χ2v) is 3.90. The lowest BCUT2D eigenvalue weighted by Gasteiger charge is -2.19. The molecule has 0 radical (unpaired) electrons. The first-order valence-electron chi connectivity index (χ1n) is 4.41. The van der Waals surface area contributed by atoms with Crippen LogP contribution in [0.2, 0.25) is 0 Å². The van der Waals surface area contributed by atoms with Gasteiger partial charge in [-0.05, 0) is 20.8 Å². The summed E-state index contributed by atoms with van der Waals surface area (Å²) in [6, 6.07) is 0. The van der Waals surface area contributed by atoms with Gasteiger partial charge in [0.2, 0.25) is 0 Å². The third kappa shape index (κ3) is 7.54. The van der Waals surface area contributed by atoms with E-state index in [9.17, 15) is 9.59 Å². The van der Waals surface area contributed by atoms with Gasteiger partial charge in [0.15, 0.2) is 6.23 Å². The maximum atomic E-state index is 11.1. The van der Waals surface area contributed by atoms with Crippen LogP contribution >= 0.6 is 0 Å². The lowest BCUT2D eigenvalue weighted by molar-refractivity contribution is -0.156. The van der Waals surface area contributed by atoms with Gasteiger partial charge in [-0.15, -0.1) is 0 Å². The Morgan fingerprint density at radius 2 is 2.07 bits per heavy atom. The van der Waals surface area contributed by atoms with Gasteiger partial charge < -0.3 is 9.47 Å². The zero-order valence-corrected chi connectivity index (χ0v) is 8.78. The van der Waals surface area contributed by atoms with Crippen LogP contribution in [-0.4, -0.2) is 24.3 Å². The van der Waals surface area contributed by atoms with E-state index in [1.807, 2.05) is 0 Å². The Morgan fingerprint density at radius 1 is 1.50 bits per heavy atom. The van der Waals surface area contributed by atoms with Crippen molar-refractivity contribution in [3.8, 4) is 0 Å². The molecule has 14 heavy (non-hydrogen) atoms. The minimum atomic E-state index is -0.736. The fourth-order valence-electron chi connectivity index (χ4n) is 0.792. The van der Waals surface area contributed by atoms with Crippen molar-refractivity contribution >= 4 is 12.4 Å². The highest BCUT2D eigenvalue weighted by Gasteiger charge is 2.16. The van der Waals surface area contributed by atoms with Crippen molar-refractivity contribution in [2.24, 2.45) is 5.73 Å². The average Bonchev–Trinajstić information content (AvgIpc) is 1.98. The van der Waals surface area contributed by atoms with Gasteiger partial charge in [-0.2, -0.15) is 0 Å². The standard InChI is InChI=1S/C9H17NO4/c1-9(2,3)14-8(12)5-4-7(10)13-6-11/h6-7H,4-5,10H2,1-3H3/t7-/m1/s1. The molecule has 0 bridgehead atoms. The van der Waals surface area contributed by atoms with Gasteiger partial charge in [-0.1, -0.05) is 0 Å². The summed E-state index contributed by atoms with van der Waals surface area (Å²) >= 11 is 0. The summed E-state index contributed by atoms with van der Waals surface area (Å²) in [5, 5.41) is 0. The van der Waals surface area contributed by atoms with Crippen molar-refractivity contribution in [3.05, 3.63) is 0 Å². The molecule has 0 fully saturated rings. The first-order valence-corrected chi connectivity index (χ1v) is 4.41. The molecule has 0 amide bonds. The van der Waals surface area contributed by atoms with Crippen LogP contribution in [0.4, 0.5) is 0 Å². The summed E-state index contributed by atoms with van der Waals surface area (Å²) in [5.74, 6) is -0.345. The lowest BCUT2D eigenvalue weighted by Crippen LogP contribution is -2.27. The average molecular weight is 203 g/mol. The number of carbonyl (C=O) groups is 2. The predicted molar refractivity (Wildman–Crippen MR) is 50.2 cm³/mol. The Bertz CT molecular complexity index is 197. The molecule has 82 valence electrons. The van der Waals surface area contributed by atoms with Gasteiger partial charge >= 0.3 is 5.97 Å². The number of hydrogen-bond acceptors (Lipinski definition) is 5. The fourth-order valence-corrected chi connectivity index (χ4v) is 0.792. The Balaban J connectivity index is 3.69. The third-order valence-electron chi connectivity index (χ3n) is 1.28. The summed E-state index contributed by atoms with van der Waals surface area (Å²) < 4.78 is 9.44. The molecule has 0 aliphatic rings. The number of carbonyl (C=O) groups excluding carboxylic acids is 2. The van der Waals surface area contributed by atoms with E-state index in [2.05, 4.69) is 4.74 Å². The molecular weight excluding hydrogens is 186 g/mol. The highest BCUT2D eigenvalue weighted by atomic mass is 16.6. The Kier molecular flexibility index (Phi) is 5.15. The van der Waals surface area contributed by atoms with Crippen LogP contribution < -0.4 is 5.73 Å². The van der Waals surface area contributed by atoms with Crippen LogP contribution in [-0.2, 0) is 19.1 Å². The minimum Gasteiger partial charge on any atom is -0.460 e. The Morgan fingerprint density at radius 3 is 2.50 bits per heavy atom. The normalized spacial score (nSPS) is 13.1. The van der Waals surface area contributed by atoms with Crippen molar-refractivity contribution in [3.63, 3.8) is 0 Å². The van der Waals surface area contributed by atoms with Crippen molar-refractivity contribution in [1.29, 1.82) is 0 Å². The smallest absolute Gasteiger partial charge is 0.306 e. The van der Waals surface area contributed by atoms with E-state index in [1.165, 1.54) is 0 Å². The summed E-state index contributed by atoms with van der Waals surface area (Å²) in [7, 11) is 0. The maximum absolute atomic E-state index is 11.1. The number of nitrogens with two attached hydrogens (primary N) is 1. The van der Waals surface area contributed by atoms with Gasteiger partial charge in [0, 0.05) is 6.42 Å². The molecule has 0 heterocycles. The van der Waals surface area contributed by atoms with Gasteiger partial charge in [-0.25, -0.2) is 0 Å². The molecule has 1 atom stereocenters. The van der Waals surface area contributed by atoms with Gasteiger partial charge in [0.1, 0.15) is 5.60 Å². The zero-order valence-electron chi connectivity index (χ0n) is 8.78. The van der Waals surface area contributed by atoms with E-state index in [0.29, 0.717) is 0 Å². The second-order valence-electron chi connectivity index (χ2n) is 3.90. The topological polar surface area (TPSA) is 78.6 Å². The van der Waals surface area contributed by atoms with E-state index < -0.39 is 11.8 Å². The zero-order chi connectivity index (χ0) is 11.2. The maximum Gasteiger partial charge on any atom is 0.306 e. The molecule has 0 spiro atoms. The highest BCUT2D eigenvalue weighted by Crippen LogP contribution is 2.09. The van der Waals surface area contributed by atoms with Crippen LogP contribution in [0.15, 0.2) is 0 Å². The van der Waals surface area contributed by atoms with E-state index in [0.717, 1.165) is 0 Å². The number of ether oxygens (including phenoxy) is 2. The molecule has 5 nitrogen and oxygen atoms in total. The second kappa shape index (κ2) is 5.59. The Hall–Kier alpha value is -1.10. The van der Waals surface area contributed by atoms with Crippen LogP contribution in [0.5, 0.6) is 0 Å². The number of hydrogen-bond donors (Lipinski definition) is 1. The first kappa shape index (κ1) is 12.9. The number of esters is 1. The SMILES string of the molecule is CC(C)(C)OC(=O)CC[C@H](N)OC=O. The highest BCUT2D eigenvalue weighted by molar-refractivity contribution is 5.69. The van der Waals surface area contributed by atoms with Gasteiger partial charge in [0.05, 0.1) is 6.42 Å². The Labute approximate surface area is 83.5 Å². The fraction of sp³-hybridized carbons (Fsp3) is 0.778. The van der Waals surface area contributed by atoms with E-state index in [4.69, 9.17) is 10.5 Å². The third-order valence-corrected chi connectivity index (χ3v) is 1.28. The van der Waals surface area contributed by atoms with Crippen molar-refractivity contribution < 1.29 is 19.1 Å². The van der Waals surface area contributed by atoms with Crippen LogP contribution in [0.1, 0.15) is 33.6 Å². The molecule has 0 aliphatic carbocycles. The summed E-state index contributed by atoms with van der Waals surface area (Å²) in [4.78, 5) is 21.0. The number of rotatable bonds is 5. The van der Waals surface area contributed by atoms with Crippen LogP contribution in [0.3, 0.4) is 0 Å². The van der Waals surface area contributed by atoms with Crippen molar-refractivity contribution in [2.45, 2.75) is 45.4 Å². The molecule has 2 N–H and O–H groups in total. The summed E-state index contributed by atoms with van der Waals surface area (Å²) in [6.07, 6.45) is -0.319.